The molecule has 2 heterocycles. The van der Waals surface area contributed by atoms with E-state index in [1.54, 1.807) is 17.0 Å². The van der Waals surface area contributed by atoms with Crippen LogP contribution in [-0.4, -0.2) is 77.1 Å². The van der Waals surface area contributed by atoms with Crippen LogP contribution >= 0.6 is 23.2 Å². The normalized spacial score (nSPS) is 21.3. The van der Waals surface area contributed by atoms with Crippen molar-refractivity contribution in [2.24, 2.45) is 0 Å². The SMILES string of the molecule is C[C@H](C1CN(C(=O)OC(C)(C)C)CCN1C(=O)Cc1ccc(Cl)c(Cl)c1)N1CCCC1. The lowest BCUT2D eigenvalue weighted by molar-refractivity contribution is -0.137. The zero-order valence-corrected chi connectivity index (χ0v) is 20.4. The fraction of sp³-hybridized carbons (Fsp3) is 0.652. The quantitative estimate of drug-likeness (QED) is 0.652. The number of likely N-dealkylation sites (tertiary alicyclic amines) is 1. The minimum absolute atomic E-state index is 0.0401. The Hall–Kier alpha value is -1.50. The van der Waals surface area contributed by atoms with Crippen molar-refractivity contribution in [1.29, 1.82) is 0 Å². The Bertz CT molecular complexity index is 806. The monoisotopic (exact) mass is 469 g/mol. The van der Waals surface area contributed by atoms with Gasteiger partial charge in [0.05, 0.1) is 22.5 Å². The largest absolute Gasteiger partial charge is 0.444 e. The molecule has 2 atom stereocenters. The van der Waals surface area contributed by atoms with Gasteiger partial charge >= 0.3 is 6.09 Å². The van der Waals surface area contributed by atoms with Crippen molar-refractivity contribution in [2.75, 3.05) is 32.7 Å². The van der Waals surface area contributed by atoms with E-state index in [0.717, 1.165) is 18.7 Å². The lowest BCUT2D eigenvalue weighted by Crippen LogP contribution is -2.63. The van der Waals surface area contributed by atoms with Gasteiger partial charge in [-0.15, -0.1) is 0 Å². The van der Waals surface area contributed by atoms with E-state index >= 15 is 0 Å². The molecule has 0 spiro atoms. The van der Waals surface area contributed by atoms with Gasteiger partial charge in [-0.1, -0.05) is 29.3 Å². The van der Waals surface area contributed by atoms with Crippen LogP contribution in [0.15, 0.2) is 18.2 Å². The number of nitrogens with zero attached hydrogens (tertiary/aromatic N) is 3. The molecule has 1 aromatic carbocycles. The molecule has 0 bridgehead atoms. The molecule has 1 unspecified atom stereocenters. The van der Waals surface area contributed by atoms with Crippen molar-refractivity contribution in [3.63, 3.8) is 0 Å². The maximum Gasteiger partial charge on any atom is 0.410 e. The Kier molecular flexibility index (Phi) is 7.76. The molecule has 2 aliphatic rings. The van der Waals surface area contributed by atoms with Gasteiger partial charge in [-0.25, -0.2) is 4.79 Å². The van der Waals surface area contributed by atoms with Gasteiger partial charge < -0.3 is 14.5 Å². The van der Waals surface area contributed by atoms with E-state index in [4.69, 9.17) is 27.9 Å². The summed E-state index contributed by atoms with van der Waals surface area (Å²) in [5.41, 5.74) is 0.287. The van der Waals surface area contributed by atoms with Crippen LogP contribution in [-0.2, 0) is 16.0 Å². The van der Waals surface area contributed by atoms with E-state index in [1.807, 2.05) is 31.7 Å². The molecule has 6 nitrogen and oxygen atoms in total. The molecule has 0 N–H and O–H groups in total. The molecule has 3 rings (SSSR count). The van der Waals surface area contributed by atoms with Gasteiger partial charge in [0, 0.05) is 25.7 Å². The summed E-state index contributed by atoms with van der Waals surface area (Å²) in [5.74, 6) is 0.0401. The molecule has 0 saturated carbocycles. The molecule has 0 aromatic heterocycles. The van der Waals surface area contributed by atoms with Crippen molar-refractivity contribution in [2.45, 2.75) is 64.6 Å². The average molecular weight is 470 g/mol. The Morgan fingerprint density at radius 2 is 1.77 bits per heavy atom. The van der Waals surface area contributed by atoms with Crippen molar-refractivity contribution in [3.8, 4) is 0 Å². The van der Waals surface area contributed by atoms with Crippen molar-refractivity contribution in [3.05, 3.63) is 33.8 Å². The third-order valence-electron chi connectivity index (χ3n) is 6.00. The minimum atomic E-state index is -0.548. The van der Waals surface area contributed by atoms with Gasteiger partial charge in [0.25, 0.3) is 0 Å². The molecule has 2 amide bonds. The summed E-state index contributed by atoms with van der Waals surface area (Å²) in [5, 5.41) is 0.924. The molecule has 172 valence electrons. The van der Waals surface area contributed by atoms with Gasteiger partial charge in [0.1, 0.15) is 5.60 Å². The predicted octanol–water partition coefficient (Wildman–Crippen LogP) is 4.47. The highest BCUT2D eigenvalue weighted by molar-refractivity contribution is 6.42. The summed E-state index contributed by atoms with van der Waals surface area (Å²) in [6.45, 7) is 11.2. The summed E-state index contributed by atoms with van der Waals surface area (Å²) < 4.78 is 5.59. The molecule has 2 aliphatic heterocycles. The molecular weight excluding hydrogens is 437 g/mol. The van der Waals surface area contributed by atoms with E-state index in [-0.39, 0.29) is 30.5 Å². The smallest absolute Gasteiger partial charge is 0.410 e. The molecule has 0 radical (unpaired) electrons. The third-order valence-corrected chi connectivity index (χ3v) is 6.74. The number of halogens is 2. The molecule has 2 fully saturated rings. The second-order valence-electron chi connectivity index (χ2n) is 9.49. The number of benzene rings is 1. The van der Waals surface area contributed by atoms with Crippen LogP contribution in [0, 0.1) is 0 Å². The number of ether oxygens (including phenoxy) is 1. The number of carbonyl (C=O) groups excluding carboxylic acids is 2. The van der Waals surface area contributed by atoms with Crippen LogP contribution < -0.4 is 0 Å². The predicted molar refractivity (Wildman–Crippen MR) is 124 cm³/mol. The Balaban J connectivity index is 1.76. The van der Waals surface area contributed by atoms with Crippen LogP contribution in [0.5, 0.6) is 0 Å². The molecular formula is C23H33Cl2N3O3. The first-order valence-corrected chi connectivity index (χ1v) is 11.8. The summed E-state index contributed by atoms with van der Waals surface area (Å²) in [6, 6.07) is 5.37. The third kappa shape index (κ3) is 6.27. The van der Waals surface area contributed by atoms with Gasteiger partial charge in [-0.3, -0.25) is 9.69 Å². The summed E-state index contributed by atoms with van der Waals surface area (Å²) in [4.78, 5) is 32.1. The number of hydrogen-bond donors (Lipinski definition) is 0. The number of hydrogen-bond acceptors (Lipinski definition) is 4. The van der Waals surface area contributed by atoms with Crippen LogP contribution in [0.3, 0.4) is 0 Å². The topological polar surface area (TPSA) is 53.1 Å². The zero-order chi connectivity index (χ0) is 22.8. The maximum absolute atomic E-state index is 13.3. The van der Waals surface area contributed by atoms with Crippen LogP contribution in [0.25, 0.3) is 0 Å². The summed E-state index contributed by atoms with van der Waals surface area (Å²) in [7, 11) is 0. The van der Waals surface area contributed by atoms with Crippen LogP contribution in [0.2, 0.25) is 10.0 Å². The molecule has 8 heteroatoms. The molecule has 0 aliphatic carbocycles. The van der Waals surface area contributed by atoms with Crippen molar-refractivity contribution >= 4 is 35.2 Å². The standard InChI is InChI=1S/C23H33Cl2N3O3/c1-16(26-9-5-6-10-26)20-15-27(22(30)31-23(2,3)4)11-12-28(20)21(29)14-17-7-8-18(24)19(25)13-17/h7-8,13,16,20H,5-6,9-12,14-15H2,1-4H3/t16-,20?/m1/s1. The summed E-state index contributed by atoms with van der Waals surface area (Å²) in [6.07, 6.45) is 2.28. The fourth-order valence-electron chi connectivity index (χ4n) is 4.34. The number of carbonyl (C=O) groups is 2. The second-order valence-corrected chi connectivity index (χ2v) is 10.3. The highest BCUT2D eigenvalue weighted by Gasteiger charge is 2.39. The van der Waals surface area contributed by atoms with E-state index in [0.29, 0.717) is 29.7 Å². The Morgan fingerprint density at radius 3 is 2.39 bits per heavy atom. The van der Waals surface area contributed by atoms with E-state index in [1.165, 1.54) is 12.8 Å². The van der Waals surface area contributed by atoms with Gasteiger partial charge in [-0.2, -0.15) is 0 Å². The number of piperazine rings is 1. The first-order chi connectivity index (χ1) is 14.5. The highest BCUT2D eigenvalue weighted by atomic mass is 35.5. The van der Waals surface area contributed by atoms with Crippen LogP contribution in [0.1, 0.15) is 46.1 Å². The summed E-state index contributed by atoms with van der Waals surface area (Å²) >= 11 is 12.1. The second kappa shape index (κ2) is 9.97. The molecule has 31 heavy (non-hydrogen) atoms. The van der Waals surface area contributed by atoms with Gasteiger partial charge in [0.15, 0.2) is 0 Å². The van der Waals surface area contributed by atoms with Crippen LogP contribution in [0.4, 0.5) is 4.79 Å². The Morgan fingerprint density at radius 1 is 1.10 bits per heavy atom. The van der Waals surface area contributed by atoms with E-state index < -0.39 is 5.60 Å². The number of amides is 2. The lowest BCUT2D eigenvalue weighted by Gasteiger charge is -2.46. The van der Waals surface area contributed by atoms with Gasteiger partial charge in [-0.05, 0) is 71.3 Å². The lowest BCUT2D eigenvalue weighted by atomic mass is 10.0. The van der Waals surface area contributed by atoms with Crippen molar-refractivity contribution < 1.29 is 14.3 Å². The average Bonchev–Trinajstić information content (AvgIpc) is 3.23. The first kappa shape index (κ1) is 24.1. The minimum Gasteiger partial charge on any atom is -0.444 e. The molecule has 1 aromatic rings. The maximum atomic E-state index is 13.3. The fourth-order valence-corrected chi connectivity index (χ4v) is 4.66. The van der Waals surface area contributed by atoms with Gasteiger partial charge in [0.2, 0.25) is 5.91 Å². The van der Waals surface area contributed by atoms with E-state index in [2.05, 4.69) is 11.8 Å². The zero-order valence-electron chi connectivity index (χ0n) is 18.9. The Labute approximate surface area is 195 Å². The van der Waals surface area contributed by atoms with Crippen molar-refractivity contribution in [1.82, 2.24) is 14.7 Å². The highest BCUT2D eigenvalue weighted by Crippen LogP contribution is 2.25. The number of rotatable bonds is 4. The van der Waals surface area contributed by atoms with E-state index in [9.17, 15) is 9.59 Å². The molecule has 2 saturated heterocycles. The first-order valence-electron chi connectivity index (χ1n) is 11.0.